The Balaban J connectivity index is 2.36. The number of nitrogens with zero attached hydrogens (tertiary/aromatic N) is 2. The number of carbonyl (C=O) groups is 3. The van der Waals surface area contributed by atoms with Crippen LogP contribution in [0.15, 0.2) is 0 Å². The Morgan fingerprint density at radius 3 is 2.80 bits per heavy atom. The molecule has 3 amide bonds. The van der Waals surface area contributed by atoms with Gasteiger partial charge in [0.25, 0.3) is 0 Å². The summed E-state index contributed by atoms with van der Waals surface area (Å²) < 4.78 is 0. The fraction of sp³-hybridized carbons (Fsp3) is 0.636. The molecule has 1 unspecified atom stereocenters. The molecule has 9 nitrogen and oxygen atoms in total. The predicted molar refractivity (Wildman–Crippen MR) is 67.6 cm³/mol. The van der Waals surface area contributed by atoms with E-state index in [2.05, 4.69) is 16.0 Å². The van der Waals surface area contributed by atoms with E-state index in [9.17, 15) is 14.4 Å². The highest BCUT2D eigenvalue weighted by molar-refractivity contribution is 5.86. The average molecular weight is 283 g/mol. The molecule has 0 aromatic heterocycles. The zero-order valence-corrected chi connectivity index (χ0v) is 10.9. The number of hydrogen-bond acceptors (Lipinski definition) is 5. The molecule has 0 bridgehead atoms. The van der Waals surface area contributed by atoms with Crippen LogP contribution in [0.3, 0.4) is 0 Å². The van der Waals surface area contributed by atoms with Gasteiger partial charge in [0.15, 0.2) is 0 Å². The Morgan fingerprint density at radius 2 is 2.15 bits per heavy atom. The van der Waals surface area contributed by atoms with Crippen LogP contribution in [0, 0.1) is 11.3 Å². The summed E-state index contributed by atoms with van der Waals surface area (Å²) in [5.41, 5.74) is 0. The predicted octanol–water partition coefficient (Wildman–Crippen LogP) is -1.92. The summed E-state index contributed by atoms with van der Waals surface area (Å²) in [6, 6.07) is 0.980. The highest BCUT2D eigenvalue weighted by atomic mass is 16.4. The molecule has 0 saturated carbocycles. The monoisotopic (exact) mass is 283 g/mol. The van der Waals surface area contributed by atoms with Crippen molar-refractivity contribution in [2.75, 3.05) is 32.7 Å². The van der Waals surface area contributed by atoms with Crippen molar-refractivity contribution in [1.29, 1.82) is 5.26 Å². The van der Waals surface area contributed by atoms with Crippen LogP contribution in [0.2, 0.25) is 0 Å². The third kappa shape index (κ3) is 4.74. The average Bonchev–Trinajstić information content (AvgIpc) is 2.44. The molecule has 0 aliphatic carbocycles. The van der Waals surface area contributed by atoms with Crippen LogP contribution in [0.4, 0.5) is 4.79 Å². The van der Waals surface area contributed by atoms with Gasteiger partial charge in [-0.15, -0.1) is 0 Å². The minimum atomic E-state index is -1.14. The van der Waals surface area contributed by atoms with Gasteiger partial charge in [0.05, 0.1) is 6.07 Å². The normalized spacial score (nSPS) is 17.9. The Hall–Kier alpha value is -2.34. The van der Waals surface area contributed by atoms with E-state index in [1.807, 2.05) is 0 Å². The van der Waals surface area contributed by atoms with Crippen LogP contribution < -0.4 is 16.0 Å². The number of amides is 3. The highest BCUT2D eigenvalue weighted by Crippen LogP contribution is 2.03. The lowest BCUT2D eigenvalue weighted by atomic mass is 10.2. The maximum Gasteiger partial charge on any atom is 0.408 e. The van der Waals surface area contributed by atoms with Gasteiger partial charge in [-0.3, -0.25) is 14.5 Å². The molecule has 20 heavy (non-hydrogen) atoms. The van der Waals surface area contributed by atoms with E-state index in [0.717, 1.165) is 4.90 Å². The molecule has 1 aliphatic heterocycles. The molecule has 0 radical (unpaired) electrons. The Labute approximate surface area is 115 Å². The second-order valence-corrected chi connectivity index (χ2v) is 4.17. The minimum Gasteiger partial charge on any atom is -0.465 e. The smallest absolute Gasteiger partial charge is 0.408 e. The Kier molecular flexibility index (Phi) is 6.25. The van der Waals surface area contributed by atoms with E-state index in [1.54, 1.807) is 6.07 Å². The lowest BCUT2D eigenvalue weighted by Crippen LogP contribution is -2.59. The van der Waals surface area contributed by atoms with E-state index in [0.29, 0.717) is 6.54 Å². The Bertz CT molecular complexity index is 420. The minimum absolute atomic E-state index is 0.0423. The van der Waals surface area contributed by atoms with Crippen molar-refractivity contribution in [3.63, 3.8) is 0 Å². The number of carboxylic acid groups (broad SMARTS) is 1. The third-order valence-corrected chi connectivity index (χ3v) is 2.81. The molecule has 9 heteroatoms. The first kappa shape index (κ1) is 15.7. The van der Waals surface area contributed by atoms with Crippen LogP contribution in [-0.4, -0.2) is 66.7 Å². The number of carbonyl (C=O) groups excluding carboxylic acids is 2. The molecule has 0 aromatic rings. The van der Waals surface area contributed by atoms with Gasteiger partial charge in [0, 0.05) is 32.6 Å². The molecule has 1 atom stereocenters. The van der Waals surface area contributed by atoms with Crippen molar-refractivity contribution in [3.8, 4) is 6.07 Å². The fourth-order valence-corrected chi connectivity index (χ4v) is 1.81. The zero-order chi connectivity index (χ0) is 15.0. The summed E-state index contributed by atoms with van der Waals surface area (Å²) in [5.74, 6) is -0.781. The van der Waals surface area contributed by atoms with E-state index in [1.165, 1.54) is 0 Å². The maximum atomic E-state index is 11.9. The third-order valence-electron chi connectivity index (χ3n) is 2.81. The summed E-state index contributed by atoms with van der Waals surface area (Å²) in [7, 11) is 0. The quantitative estimate of drug-likeness (QED) is 0.435. The molecule has 1 fully saturated rings. The van der Waals surface area contributed by atoms with Gasteiger partial charge in [-0.25, -0.2) is 4.79 Å². The standard InChI is InChI=1S/C11H17N5O4/c12-2-4-14-9(17)1-3-15-10(18)8-7-13-5-6-16(8)11(19)20/h8,13H,1,3-7H2,(H,14,17)(H,15,18)(H,19,20). The number of rotatable bonds is 5. The van der Waals surface area contributed by atoms with Crippen molar-refractivity contribution in [2.24, 2.45) is 0 Å². The van der Waals surface area contributed by atoms with E-state index >= 15 is 0 Å². The second-order valence-electron chi connectivity index (χ2n) is 4.17. The highest BCUT2D eigenvalue weighted by Gasteiger charge is 2.31. The van der Waals surface area contributed by atoms with E-state index < -0.39 is 18.0 Å². The van der Waals surface area contributed by atoms with Crippen molar-refractivity contribution < 1.29 is 19.5 Å². The molecular weight excluding hydrogens is 266 g/mol. The van der Waals surface area contributed by atoms with Crippen molar-refractivity contribution >= 4 is 17.9 Å². The largest absolute Gasteiger partial charge is 0.465 e. The molecule has 110 valence electrons. The first-order valence-electron chi connectivity index (χ1n) is 6.18. The number of hydrogen-bond donors (Lipinski definition) is 4. The maximum absolute atomic E-state index is 11.9. The first-order chi connectivity index (χ1) is 9.56. The second kappa shape index (κ2) is 7.96. The van der Waals surface area contributed by atoms with Crippen molar-refractivity contribution in [3.05, 3.63) is 0 Å². The van der Waals surface area contributed by atoms with Crippen LogP contribution in [-0.2, 0) is 9.59 Å². The zero-order valence-electron chi connectivity index (χ0n) is 10.9. The van der Waals surface area contributed by atoms with Crippen LogP contribution in [0.5, 0.6) is 0 Å². The first-order valence-corrected chi connectivity index (χ1v) is 6.18. The number of nitriles is 1. The molecule has 1 rings (SSSR count). The number of nitrogens with one attached hydrogen (secondary N) is 3. The van der Waals surface area contributed by atoms with Gasteiger partial charge in [0.2, 0.25) is 11.8 Å². The van der Waals surface area contributed by atoms with Crippen molar-refractivity contribution in [1.82, 2.24) is 20.9 Å². The molecule has 4 N–H and O–H groups in total. The molecule has 1 heterocycles. The summed E-state index contributed by atoms with van der Waals surface area (Å²) in [5, 5.41) is 25.1. The number of piperazine rings is 1. The Morgan fingerprint density at radius 1 is 1.40 bits per heavy atom. The van der Waals surface area contributed by atoms with Gasteiger partial charge < -0.3 is 21.1 Å². The summed E-state index contributed by atoms with van der Waals surface area (Å²) in [4.78, 5) is 35.1. The molecule has 0 aromatic carbocycles. The lowest BCUT2D eigenvalue weighted by Gasteiger charge is -2.32. The van der Waals surface area contributed by atoms with Gasteiger partial charge >= 0.3 is 6.09 Å². The fourth-order valence-electron chi connectivity index (χ4n) is 1.81. The van der Waals surface area contributed by atoms with E-state index in [4.69, 9.17) is 10.4 Å². The van der Waals surface area contributed by atoms with E-state index in [-0.39, 0.29) is 38.5 Å². The van der Waals surface area contributed by atoms with Gasteiger partial charge in [-0.2, -0.15) is 5.26 Å². The van der Waals surface area contributed by atoms with Crippen LogP contribution in [0.1, 0.15) is 6.42 Å². The van der Waals surface area contributed by atoms with Gasteiger partial charge in [-0.1, -0.05) is 0 Å². The lowest BCUT2D eigenvalue weighted by molar-refractivity contribution is -0.126. The van der Waals surface area contributed by atoms with Gasteiger partial charge in [0.1, 0.15) is 12.6 Å². The molecule has 1 saturated heterocycles. The summed E-state index contributed by atoms with van der Waals surface area (Å²) in [6.07, 6.45) is -1.10. The molecule has 0 spiro atoms. The summed E-state index contributed by atoms with van der Waals surface area (Å²) in [6.45, 7) is 1.02. The van der Waals surface area contributed by atoms with Crippen LogP contribution >= 0.6 is 0 Å². The topological polar surface area (TPSA) is 135 Å². The summed E-state index contributed by atoms with van der Waals surface area (Å²) >= 11 is 0. The SMILES string of the molecule is N#CCNC(=O)CCNC(=O)C1CNCCN1C(=O)O. The molecular formula is C11H17N5O4. The van der Waals surface area contributed by atoms with Gasteiger partial charge in [-0.05, 0) is 0 Å². The van der Waals surface area contributed by atoms with Crippen molar-refractivity contribution in [2.45, 2.75) is 12.5 Å². The molecule has 1 aliphatic rings. The van der Waals surface area contributed by atoms with Crippen LogP contribution in [0.25, 0.3) is 0 Å².